The number of rotatable bonds is 3. The summed E-state index contributed by atoms with van der Waals surface area (Å²) in [5.41, 5.74) is 1.51. The predicted octanol–water partition coefficient (Wildman–Crippen LogP) is 4.29. The summed E-state index contributed by atoms with van der Waals surface area (Å²) >= 11 is 0. The number of hydrogen-bond donors (Lipinski definition) is 2. The van der Waals surface area contributed by atoms with E-state index in [9.17, 15) is 9.59 Å². The molecule has 0 bridgehead atoms. The highest BCUT2D eigenvalue weighted by molar-refractivity contribution is 5.95. The van der Waals surface area contributed by atoms with Crippen LogP contribution < -0.4 is 15.4 Å². The second kappa shape index (κ2) is 7.70. The standard InChI is InChI=1S/C21H24N2O4/c1-21(2,3)27-20(25)22-15-10-8-14(9-11-15)19(24)23-17-12-13-26-18-7-5-4-6-16(17)18/h4-11,17H,12-13H2,1-3H3,(H,22,25)(H,23,24). The summed E-state index contributed by atoms with van der Waals surface area (Å²) in [7, 11) is 0. The fourth-order valence-electron chi connectivity index (χ4n) is 2.86. The lowest BCUT2D eigenvalue weighted by molar-refractivity contribution is 0.0635. The van der Waals surface area contributed by atoms with Crippen molar-refractivity contribution < 1.29 is 19.1 Å². The van der Waals surface area contributed by atoms with E-state index >= 15 is 0 Å². The molecule has 0 saturated carbocycles. The number of carbonyl (C=O) groups excluding carboxylic acids is 2. The Hall–Kier alpha value is -3.02. The zero-order valence-electron chi connectivity index (χ0n) is 15.7. The van der Waals surface area contributed by atoms with Gasteiger partial charge in [0.1, 0.15) is 11.4 Å². The van der Waals surface area contributed by atoms with Crippen molar-refractivity contribution in [1.29, 1.82) is 0 Å². The van der Waals surface area contributed by atoms with Crippen molar-refractivity contribution >= 4 is 17.7 Å². The second-order valence-electron chi connectivity index (χ2n) is 7.41. The summed E-state index contributed by atoms with van der Waals surface area (Å²) in [4.78, 5) is 24.4. The Bertz CT molecular complexity index is 825. The Morgan fingerprint density at radius 3 is 2.48 bits per heavy atom. The summed E-state index contributed by atoms with van der Waals surface area (Å²) in [5.74, 6) is 0.645. The first kappa shape index (κ1) is 18.8. The van der Waals surface area contributed by atoms with Crippen LogP contribution in [0.1, 0.15) is 49.2 Å². The third-order valence-corrected chi connectivity index (χ3v) is 4.06. The molecule has 2 aromatic carbocycles. The second-order valence-corrected chi connectivity index (χ2v) is 7.41. The zero-order valence-corrected chi connectivity index (χ0v) is 15.7. The quantitative estimate of drug-likeness (QED) is 0.847. The molecule has 0 radical (unpaired) electrons. The average Bonchev–Trinajstić information content (AvgIpc) is 2.61. The number of benzene rings is 2. The SMILES string of the molecule is CC(C)(C)OC(=O)Nc1ccc(C(=O)NC2CCOc3ccccc32)cc1. The molecule has 0 saturated heterocycles. The van der Waals surface area contributed by atoms with Gasteiger partial charge >= 0.3 is 6.09 Å². The lowest BCUT2D eigenvalue weighted by Gasteiger charge is -2.26. The Morgan fingerprint density at radius 1 is 1.07 bits per heavy atom. The Kier molecular flexibility index (Phi) is 5.35. The van der Waals surface area contributed by atoms with E-state index in [4.69, 9.17) is 9.47 Å². The van der Waals surface area contributed by atoms with Gasteiger partial charge in [0.15, 0.2) is 0 Å². The van der Waals surface area contributed by atoms with Gasteiger partial charge in [0.05, 0.1) is 12.6 Å². The summed E-state index contributed by atoms with van der Waals surface area (Å²) in [6, 6.07) is 14.3. The molecular formula is C21H24N2O4. The van der Waals surface area contributed by atoms with E-state index in [1.165, 1.54) is 0 Å². The largest absolute Gasteiger partial charge is 0.493 e. The third-order valence-electron chi connectivity index (χ3n) is 4.06. The van der Waals surface area contributed by atoms with Crippen molar-refractivity contribution in [2.24, 2.45) is 0 Å². The van der Waals surface area contributed by atoms with E-state index in [2.05, 4.69) is 10.6 Å². The van der Waals surface area contributed by atoms with Crippen molar-refractivity contribution in [3.63, 3.8) is 0 Å². The molecule has 0 aliphatic carbocycles. The van der Waals surface area contributed by atoms with Crippen LogP contribution in [0.5, 0.6) is 5.75 Å². The van der Waals surface area contributed by atoms with E-state index in [1.54, 1.807) is 45.0 Å². The van der Waals surface area contributed by atoms with Gasteiger partial charge in [-0.1, -0.05) is 18.2 Å². The van der Waals surface area contributed by atoms with E-state index in [0.717, 1.165) is 17.7 Å². The monoisotopic (exact) mass is 368 g/mol. The smallest absolute Gasteiger partial charge is 0.412 e. The molecular weight excluding hydrogens is 344 g/mol. The minimum absolute atomic E-state index is 0.0815. The van der Waals surface area contributed by atoms with Crippen molar-refractivity contribution in [2.45, 2.75) is 38.8 Å². The van der Waals surface area contributed by atoms with Crippen LogP contribution in [0, 0.1) is 0 Å². The van der Waals surface area contributed by atoms with Crippen molar-refractivity contribution in [2.75, 3.05) is 11.9 Å². The molecule has 1 atom stereocenters. The molecule has 3 rings (SSSR count). The van der Waals surface area contributed by atoms with Crippen LogP contribution in [0.2, 0.25) is 0 Å². The van der Waals surface area contributed by atoms with Crippen LogP contribution in [-0.4, -0.2) is 24.2 Å². The Labute approximate surface area is 158 Å². The average molecular weight is 368 g/mol. The fraction of sp³-hybridized carbons (Fsp3) is 0.333. The van der Waals surface area contributed by atoms with Crippen LogP contribution in [0.15, 0.2) is 48.5 Å². The summed E-state index contributed by atoms with van der Waals surface area (Å²) in [6.07, 6.45) is 0.194. The number of nitrogens with one attached hydrogen (secondary N) is 2. The molecule has 1 aliphatic heterocycles. The number of ether oxygens (including phenoxy) is 2. The molecule has 1 aliphatic rings. The highest BCUT2D eigenvalue weighted by Gasteiger charge is 2.23. The van der Waals surface area contributed by atoms with Crippen LogP contribution in [0.3, 0.4) is 0 Å². The Balaban J connectivity index is 1.62. The van der Waals surface area contributed by atoms with Gasteiger partial charge in [0, 0.05) is 23.2 Å². The van der Waals surface area contributed by atoms with Gasteiger partial charge in [0.25, 0.3) is 5.91 Å². The first-order valence-corrected chi connectivity index (χ1v) is 8.94. The van der Waals surface area contributed by atoms with Gasteiger partial charge in [-0.15, -0.1) is 0 Å². The molecule has 6 heteroatoms. The van der Waals surface area contributed by atoms with Crippen molar-refractivity contribution in [3.05, 3.63) is 59.7 Å². The fourth-order valence-corrected chi connectivity index (χ4v) is 2.86. The molecule has 27 heavy (non-hydrogen) atoms. The zero-order chi connectivity index (χ0) is 19.4. The topological polar surface area (TPSA) is 76.7 Å². The first-order valence-electron chi connectivity index (χ1n) is 8.94. The normalized spacial score (nSPS) is 15.9. The van der Waals surface area contributed by atoms with Crippen LogP contribution in [-0.2, 0) is 4.74 Å². The number of fused-ring (bicyclic) bond motifs is 1. The van der Waals surface area contributed by atoms with Crippen LogP contribution >= 0.6 is 0 Å². The number of anilines is 1. The van der Waals surface area contributed by atoms with E-state index in [-0.39, 0.29) is 11.9 Å². The first-order chi connectivity index (χ1) is 12.8. The summed E-state index contributed by atoms with van der Waals surface area (Å²) in [5, 5.41) is 5.70. The maximum absolute atomic E-state index is 12.6. The molecule has 2 N–H and O–H groups in total. The molecule has 1 heterocycles. The lowest BCUT2D eigenvalue weighted by atomic mass is 10.00. The maximum Gasteiger partial charge on any atom is 0.412 e. The lowest BCUT2D eigenvalue weighted by Crippen LogP contribution is -2.32. The minimum atomic E-state index is -0.566. The minimum Gasteiger partial charge on any atom is -0.493 e. The van der Waals surface area contributed by atoms with Gasteiger partial charge in [-0.2, -0.15) is 0 Å². The number of para-hydroxylation sites is 1. The van der Waals surface area contributed by atoms with Crippen molar-refractivity contribution in [1.82, 2.24) is 5.32 Å². The van der Waals surface area contributed by atoms with E-state index in [0.29, 0.717) is 17.9 Å². The number of carbonyl (C=O) groups is 2. The third kappa shape index (κ3) is 5.00. The van der Waals surface area contributed by atoms with Gasteiger partial charge in [0.2, 0.25) is 0 Å². The van der Waals surface area contributed by atoms with Gasteiger partial charge in [-0.25, -0.2) is 4.79 Å². The molecule has 2 amide bonds. The maximum atomic E-state index is 12.6. The summed E-state index contributed by atoms with van der Waals surface area (Å²) < 4.78 is 10.8. The highest BCUT2D eigenvalue weighted by atomic mass is 16.6. The van der Waals surface area contributed by atoms with Gasteiger partial charge in [-0.3, -0.25) is 10.1 Å². The number of amides is 2. The molecule has 0 spiro atoms. The van der Waals surface area contributed by atoms with E-state index < -0.39 is 11.7 Å². The van der Waals surface area contributed by atoms with Gasteiger partial charge in [-0.05, 0) is 51.1 Å². The van der Waals surface area contributed by atoms with Gasteiger partial charge < -0.3 is 14.8 Å². The molecule has 142 valence electrons. The molecule has 0 aromatic heterocycles. The molecule has 6 nitrogen and oxygen atoms in total. The van der Waals surface area contributed by atoms with Crippen molar-refractivity contribution in [3.8, 4) is 5.75 Å². The van der Waals surface area contributed by atoms with Crippen LogP contribution in [0.25, 0.3) is 0 Å². The molecule has 1 unspecified atom stereocenters. The van der Waals surface area contributed by atoms with E-state index in [1.807, 2.05) is 24.3 Å². The summed E-state index contributed by atoms with van der Waals surface area (Å²) in [6.45, 7) is 5.97. The predicted molar refractivity (Wildman–Crippen MR) is 103 cm³/mol. The molecule has 0 fully saturated rings. The number of hydrogen-bond acceptors (Lipinski definition) is 4. The Morgan fingerprint density at radius 2 is 1.78 bits per heavy atom. The highest BCUT2D eigenvalue weighted by Crippen LogP contribution is 2.31. The van der Waals surface area contributed by atoms with Crippen LogP contribution in [0.4, 0.5) is 10.5 Å². The molecule has 2 aromatic rings.